The number of methoxy groups -OCH3 is 1. The number of carbonyl (C=O) groups excluding carboxylic acids is 1. The van der Waals surface area contributed by atoms with Gasteiger partial charge in [-0.05, 0) is 35.9 Å². The second-order valence-corrected chi connectivity index (χ2v) is 5.72. The summed E-state index contributed by atoms with van der Waals surface area (Å²) in [5.74, 6) is -1.05. The third kappa shape index (κ3) is 3.89. The van der Waals surface area contributed by atoms with Crippen LogP contribution in [0.5, 0.6) is 5.75 Å². The summed E-state index contributed by atoms with van der Waals surface area (Å²) < 4.78 is 5.12. The lowest BCUT2D eigenvalue weighted by molar-refractivity contribution is -0.139. The van der Waals surface area contributed by atoms with E-state index in [1.807, 2.05) is 36.4 Å². The fraction of sp³-hybridized carbons (Fsp3) is 0.176. The van der Waals surface area contributed by atoms with Gasteiger partial charge in [0.25, 0.3) is 0 Å². The first-order chi connectivity index (χ1) is 10.7. The Morgan fingerprint density at radius 2 is 1.91 bits per heavy atom. The molecular formula is C17H16O4S. The van der Waals surface area contributed by atoms with Gasteiger partial charge in [0.15, 0.2) is 0 Å². The van der Waals surface area contributed by atoms with Crippen molar-refractivity contribution in [1.29, 1.82) is 0 Å². The Kier molecular flexibility index (Phi) is 5.61. The maximum Gasteiger partial charge on any atom is 0.311 e. The van der Waals surface area contributed by atoms with Crippen molar-refractivity contribution < 1.29 is 19.4 Å². The number of aldehydes is 1. The van der Waals surface area contributed by atoms with Crippen LogP contribution in [0.15, 0.2) is 58.3 Å². The molecule has 0 heterocycles. The number of carbonyl (C=O) groups is 2. The number of carboxylic acids is 1. The largest absolute Gasteiger partial charge is 0.497 e. The molecule has 0 aliphatic rings. The normalized spacial score (nSPS) is 11.7. The Hall–Kier alpha value is -2.27. The van der Waals surface area contributed by atoms with Crippen molar-refractivity contribution in [2.24, 2.45) is 0 Å². The summed E-state index contributed by atoms with van der Waals surface area (Å²) in [5, 5.41) is 9.33. The van der Waals surface area contributed by atoms with Gasteiger partial charge in [-0.15, -0.1) is 0 Å². The zero-order chi connectivity index (χ0) is 15.9. The van der Waals surface area contributed by atoms with Gasteiger partial charge in [0.05, 0.1) is 13.0 Å². The van der Waals surface area contributed by atoms with Crippen LogP contribution in [-0.2, 0) is 9.59 Å². The summed E-state index contributed by atoms with van der Waals surface area (Å²) in [5.41, 5.74) is 0.655. The van der Waals surface area contributed by atoms with Crippen LogP contribution < -0.4 is 4.74 Å². The van der Waals surface area contributed by atoms with Crippen LogP contribution >= 0.6 is 11.8 Å². The number of hydrogen-bond donors (Lipinski definition) is 1. The Bertz CT molecular complexity index is 652. The van der Waals surface area contributed by atoms with E-state index in [0.29, 0.717) is 11.8 Å². The van der Waals surface area contributed by atoms with Crippen LogP contribution in [-0.4, -0.2) is 24.5 Å². The van der Waals surface area contributed by atoms with E-state index >= 15 is 0 Å². The molecule has 2 rings (SSSR count). The van der Waals surface area contributed by atoms with Gasteiger partial charge in [0, 0.05) is 16.2 Å². The third-order valence-corrected chi connectivity index (χ3v) is 4.31. The molecule has 0 fully saturated rings. The minimum atomic E-state index is -0.991. The maximum atomic E-state index is 11.4. The minimum Gasteiger partial charge on any atom is -0.497 e. The standard InChI is InChI=1S/C17H16O4S/c1-21-12-6-8-13(9-7-12)22-16-5-3-2-4-14(16)15(10-11-18)17(19)20/h2-9,11,15H,10H2,1H3,(H,19,20). The van der Waals surface area contributed by atoms with Crippen LogP contribution in [0.3, 0.4) is 0 Å². The number of rotatable bonds is 7. The lowest BCUT2D eigenvalue weighted by atomic mass is 9.96. The molecule has 0 saturated heterocycles. The Balaban J connectivity index is 2.30. The van der Waals surface area contributed by atoms with Crippen LogP contribution in [0, 0.1) is 0 Å². The molecule has 1 atom stereocenters. The molecule has 0 aliphatic heterocycles. The monoisotopic (exact) mass is 316 g/mol. The molecule has 0 spiro atoms. The van der Waals surface area contributed by atoms with Crippen molar-refractivity contribution in [3.05, 3.63) is 54.1 Å². The molecule has 4 nitrogen and oxygen atoms in total. The van der Waals surface area contributed by atoms with E-state index in [1.54, 1.807) is 19.2 Å². The molecular weight excluding hydrogens is 300 g/mol. The highest BCUT2D eigenvalue weighted by Crippen LogP contribution is 2.35. The van der Waals surface area contributed by atoms with Crippen molar-refractivity contribution in [1.82, 2.24) is 0 Å². The van der Waals surface area contributed by atoms with E-state index in [9.17, 15) is 14.7 Å². The number of hydrogen-bond acceptors (Lipinski definition) is 4. The summed E-state index contributed by atoms with van der Waals surface area (Å²) >= 11 is 1.47. The van der Waals surface area contributed by atoms with E-state index < -0.39 is 11.9 Å². The highest BCUT2D eigenvalue weighted by molar-refractivity contribution is 7.99. The average Bonchev–Trinajstić information content (AvgIpc) is 2.54. The highest BCUT2D eigenvalue weighted by Gasteiger charge is 2.22. The van der Waals surface area contributed by atoms with Crippen LogP contribution in [0.1, 0.15) is 17.9 Å². The minimum absolute atomic E-state index is 0.0322. The molecule has 0 aromatic heterocycles. The Labute approximate surface area is 133 Å². The molecule has 0 radical (unpaired) electrons. The third-order valence-electron chi connectivity index (χ3n) is 3.21. The molecule has 1 N–H and O–H groups in total. The number of carboxylic acid groups (broad SMARTS) is 1. The van der Waals surface area contributed by atoms with Gasteiger partial charge in [0.1, 0.15) is 12.0 Å². The lowest BCUT2D eigenvalue weighted by Gasteiger charge is -2.14. The second kappa shape index (κ2) is 7.66. The van der Waals surface area contributed by atoms with E-state index in [2.05, 4.69) is 0 Å². The molecule has 2 aromatic rings. The smallest absolute Gasteiger partial charge is 0.311 e. The summed E-state index contributed by atoms with van der Waals surface area (Å²) in [4.78, 5) is 24.0. The van der Waals surface area contributed by atoms with Gasteiger partial charge in [0.2, 0.25) is 0 Å². The zero-order valence-corrected chi connectivity index (χ0v) is 12.9. The number of benzene rings is 2. The highest BCUT2D eigenvalue weighted by atomic mass is 32.2. The SMILES string of the molecule is COc1ccc(Sc2ccccc2C(CC=O)C(=O)O)cc1. The molecule has 0 saturated carbocycles. The second-order valence-electron chi connectivity index (χ2n) is 4.61. The first kappa shape index (κ1) is 16.1. The molecule has 0 aliphatic carbocycles. The van der Waals surface area contributed by atoms with Gasteiger partial charge >= 0.3 is 5.97 Å². The Morgan fingerprint density at radius 1 is 1.23 bits per heavy atom. The molecule has 22 heavy (non-hydrogen) atoms. The van der Waals surface area contributed by atoms with E-state index in [0.717, 1.165) is 15.5 Å². The first-order valence-electron chi connectivity index (χ1n) is 6.73. The number of ether oxygens (including phenoxy) is 1. The fourth-order valence-corrected chi connectivity index (χ4v) is 3.09. The lowest BCUT2D eigenvalue weighted by Crippen LogP contribution is -2.13. The van der Waals surface area contributed by atoms with Gasteiger partial charge < -0.3 is 14.6 Å². The summed E-state index contributed by atoms with van der Waals surface area (Å²) in [6, 6.07) is 14.8. The first-order valence-corrected chi connectivity index (χ1v) is 7.54. The molecule has 2 aromatic carbocycles. The molecule has 5 heteroatoms. The summed E-state index contributed by atoms with van der Waals surface area (Å²) in [7, 11) is 1.61. The van der Waals surface area contributed by atoms with Gasteiger partial charge in [-0.1, -0.05) is 30.0 Å². The van der Waals surface area contributed by atoms with Crippen molar-refractivity contribution in [2.45, 2.75) is 22.1 Å². The zero-order valence-electron chi connectivity index (χ0n) is 12.1. The van der Waals surface area contributed by atoms with E-state index in [-0.39, 0.29) is 6.42 Å². The van der Waals surface area contributed by atoms with E-state index in [1.165, 1.54) is 11.8 Å². The van der Waals surface area contributed by atoms with Crippen LogP contribution in [0.4, 0.5) is 0 Å². The summed E-state index contributed by atoms with van der Waals surface area (Å²) in [6.07, 6.45) is 0.614. The Morgan fingerprint density at radius 3 is 2.50 bits per heavy atom. The van der Waals surface area contributed by atoms with Gasteiger partial charge in [-0.25, -0.2) is 0 Å². The average molecular weight is 316 g/mol. The topological polar surface area (TPSA) is 63.6 Å². The van der Waals surface area contributed by atoms with Crippen molar-refractivity contribution in [3.63, 3.8) is 0 Å². The predicted molar refractivity (Wildman–Crippen MR) is 84.6 cm³/mol. The molecule has 0 bridgehead atoms. The quantitative estimate of drug-likeness (QED) is 0.791. The predicted octanol–water partition coefficient (Wildman–Crippen LogP) is 3.60. The van der Waals surface area contributed by atoms with Crippen molar-refractivity contribution in [3.8, 4) is 5.75 Å². The molecule has 114 valence electrons. The van der Waals surface area contributed by atoms with Crippen molar-refractivity contribution >= 4 is 24.0 Å². The number of aliphatic carboxylic acids is 1. The fourth-order valence-electron chi connectivity index (χ4n) is 2.09. The molecule has 0 amide bonds. The van der Waals surface area contributed by atoms with Crippen LogP contribution in [0.25, 0.3) is 0 Å². The van der Waals surface area contributed by atoms with Gasteiger partial charge in [-0.2, -0.15) is 0 Å². The maximum absolute atomic E-state index is 11.4. The van der Waals surface area contributed by atoms with Crippen molar-refractivity contribution in [2.75, 3.05) is 7.11 Å². The van der Waals surface area contributed by atoms with E-state index in [4.69, 9.17) is 4.74 Å². The molecule has 1 unspecified atom stereocenters. The summed E-state index contributed by atoms with van der Waals surface area (Å²) in [6.45, 7) is 0. The van der Waals surface area contributed by atoms with Crippen LogP contribution in [0.2, 0.25) is 0 Å². The van der Waals surface area contributed by atoms with Gasteiger partial charge in [-0.3, -0.25) is 4.79 Å².